The Kier molecular flexibility index (Phi) is 13.2. The molecule has 162 valence electrons. The SMILES string of the molecule is N#Cc1ccccc1OCCCCCCCCCCCCCCCc1ccccc1. The number of rotatable bonds is 17. The number of para-hydroxylation sites is 1. The van der Waals surface area contributed by atoms with E-state index >= 15 is 0 Å². The fraction of sp³-hybridized carbons (Fsp3) is 0.536. The summed E-state index contributed by atoms with van der Waals surface area (Å²) >= 11 is 0. The topological polar surface area (TPSA) is 33.0 Å². The lowest BCUT2D eigenvalue weighted by Gasteiger charge is -2.07. The molecule has 0 unspecified atom stereocenters. The average Bonchev–Trinajstić information content (AvgIpc) is 2.79. The minimum atomic E-state index is 0.629. The van der Waals surface area contributed by atoms with Crippen LogP contribution in [-0.2, 0) is 6.42 Å². The molecule has 0 aliphatic rings. The van der Waals surface area contributed by atoms with Crippen molar-refractivity contribution >= 4 is 0 Å². The predicted octanol–water partition coefficient (Wildman–Crippen LogP) is 8.25. The zero-order valence-corrected chi connectivity index (χ0v) is 18.7. The highest BCUT2D eigenvalue weighted by atomic mass is 16.5. The van der Waals surface area contributed by atoms with Crippen LogP contribution in [0.4, 0.5) is 0 Å². The average molecular weight is 406 g/mol. The molecule has 0 saturated heterocycles. The Bertz CT molecular complexity index is 704. The summed E-state index contributed by atoms with van der Waals surface area (Å²) in [5.74, 6) is 0.719. The van der Waals surface area contributed by atoms with Crippen LogP contribution in [0.15, 0.2) is 54.6 Å². The third-order valence-corrected chi connectivity index (χ3v) is 5.72. The molecule has 2 aromatic carbocycles. The molecule has 0 radical (unpaired) electrons. The van der Waals surface area contributed by atoms with E-state index in [2.05, 4.69) is 36.4 Å². The third kappa shape index (κ3) is 11.1. The Morgan fingerprint density at radius 3 is 1.67 bits per heavy atom. The minimum Gasteiger partial charge on any atom is -0.492 e. The molecule has 2 aromatic rings. The van der Waals surface area contributed by atoms with Gasteiger partial charge in [0.25, 0.3) is 0 Å². The van der Waals surface area contributed by atoms with Crippen LogP contribution in [0.2, 0.25) is 0 Å². The van der Waals surface area contributed by atoms with Crippen molar-refractivity contribution in [3.8, 4) is 11.8 Å². The lowest BCUT2D eigenvalue weighted by molar-refractivity contribution is 0.303. The number of unbranched alkanes of at least 4 members (excludes halogenated alkanes) is 12. The standard InChI is InChI=1S/C28H39NO/c29-25-27-22-16-17-23-28(27)30-24-18-11-9-7-5-3-1-2-4-6-8-10-13-19-26-20-14-12-15-21-26/h12,14-17,20-23H,1-11,13,18-19,24H2. The van der Waals surface area contributed by atoms with Gasteiger partial charge in [-0.25, -0.2) is 0 Å². The van der Waals surface area contributed by atoms with E-state index in [9.17, 15) is 0 Å². The van der Waals surface area contributed by atoms with Crippen molar-refractivity contribution in [1.29, 1.82) is 5.26 Å². The van der Waals surface area contributed by atoms with Crippen LogP contribution >= 0.6 is 0 Å². The van der Waals surface area contributed by atoms with E-state index < -0.39 is 0 Å². The van der Waals surface area contributed by atoms with Crippen molar-refractivity contribution in [3.05, 3.63) is 65.7 Å². The van der Waals surface area contributed by atoms with E-state index in [1.807, 2.05) is 18.2 Å². The van der Waals surface area contributed by atoms with Crippen molar-refractivity contribution < 1.29 is 4.74 Å². The molecule has 0 spiro atoms. The van der Waals surface area contributed by atoms with Crippen molar-refractivity contribution in [2.24, 2.45) is 0 Å². The van der Waals surface area contributed by atoms with Gasteiger partial charge in [0.15, 0.2) is 0 Å². The summed E-state index contributed by atoms with van der Waals surface area (Å²) in [6, 6.07) is 20.5. The molecule has 0 heterocycles. The molecule has 0 saturated carbocycles. The summed E-state index contributed by atoms with van der Waals surface area (Å²) in [5, 5.41) is 9.05. The van der Waals surface area contributed by atoms with Gasteiger partial charge in [0, 0.05) is 0 Å². The number of hydrogen-bond donors (Lipinski definition) is 0. The Balaban J connectivity index is 1.29. The van der Waals surface area contributed by atoms with Gasteiger partial charge in [-0.15, -0.1) is 0 Å². The van der Waals surface area contributed by atoms with E-state index in [0.717, 1.165) is 12.2 Å². The zero-order chi connectivity index (χ0) is 21.1. The Morgan fingerprint density at radius 2 is 1.07 bits per heavy atom. The molecular formula is C28H39NO. The smallest absolute Gasteiger partial charge is 0.137 e. The number of hydrogen-bond acceptors (Lipinski definition) is 2. The Hall–Kier alpha value is -2.27. The van der Waals surface area contributed by atoms with Crippen LogP contribution in [0.1, 0.15) is 94.6 Å². The van der Waals surface area contributed by atoms with E-state index in [1.54, 1.807) is 6.07 Å². The van der Waals surface area contributed by atoms with E-state index in [1.165, 1.54) is 89.0 Å². The van der Waals surface area contributed by atoms with Gasteiger partial charge >= 0.3 is 0 Å². The van der Waals surface area contributed by atoms with Crippen molar-refractivity contribution in [1.82, 2.24) is 0 Å². The summed E-state index contributed by atoms with van der Waals surface area (Å²) in [6.45, 7) is 0.712. The quantitative estimate of drug-likeness (QED) is 0.248. The molecule has 2 heteroatoms. The number of nitriles is 1. The van der Waals surface area contributed by atoms with Gasteiger partial charge in [0.2, 0.25) is 0 Å². The summed E-state index contributed by atoms with van der Waals surface area (Å²) in [4.78, 5) is 0. The highest BCUT2D eigenvalue weighted by Gasteiger charge is 2.01. The van der Waals surface area contributed by atoms with Gasteiger partial charge < -0.3 is 4.74 Å². The minimum absolute atomic E-state index is 0.629. The maximum atomic E-state index is 9.05. The molecule has 2 rings (SSSR count). The van der Waals surface area contributed by atoms with Crippen molar-refractivity contribution in [2.45, 2.75) is 89.9 Å². The largest absolute Gasteiger partial charge is 0.492 e. The first kappa shape index (κ1) is 24.0. The number of aryl methyl sites for hydroxylation is 1. The molecule has 0 fully saturated rings. The summed E-state index contributed by atoms with van der Waals surface area (Å²) in [6.07, 6.45) is 18.7. The fourth-order valence-corrected chi connectivity index (χ4v) is 3.89. The molecule has 2 nitrogen and oxygen atoms in total. The van der Waals surface area contributed by atoms with E-state index in [-0.39, 0.29) is 0 Å². The Labute approximate surface area is 184 Å². The highest BCUT2D eigenvalue weighted by molar-refractivity contribution is 5.42. The van der Waals surface area contributed by atoms with Crippen molar-refractivity contribution in [2.75, 3.05) is 6.61 Å². The van der Waals surface area contributed by atoms with Gasteiger partial charge in [-0.3, -0.25) is 0 Å². The van der Waals surface area contributed by atoms with Gasteiger partial charge in [0.1, 0.15) is 11.8 Å². The van der Waals surface area contributed by atoms with Crippen molar-refractivity contribution in [3.63, 3.8) is 0 Å². The van der Waals surface area contributed by atoms with Gasteiger partial charge in [-0.1, -0.05) is 113 Å². The molecule has 0 N–H and O–H groups in total. The molecule has 0 bridgehead atoms. The first-order valence-electron chi connectivity index (χ1n) is 12.1. The summed E-state index contributed by atoms with van der Waals surface area (Å²) in [7, 11) is 0. The zero-order valence-electron chi connectivity index (χ0n) is 18.7. The fourth-order valence-electron chi connectivity index (χ4n) is 3.89. The first-order valence-corrected chi connectivity index (χ1v) is 12.1. The monoisotopic (exact) mass is 405 g/mol. The molecular weight excluding hydrogens is 366 g/mol. The van der Waals surface area contributed by atoms with Crippen LogP contribution in [0.5, 0.6) is 5.75 Å². The second-order valence-corrected chi connectivity index (χ2v) is 8.29. The third-order valence-electron chi connectivity index (χ3n) is 5.72. The lowest BCUT2D eigenvalue weighted by atomic mass is 10.0. The maximum Gasteiger partial charge on any atom is 0.137 e. The normalized spacial score (nSPS) is 10.6. The van der Waals surface area contributed by atoms with Crippen LogP contribution < -0.4 is 4.74 Å². The summed E-state index contributed by atoms with van der Waals surface area (Å²) in [5.41, 5.74) is 2.11. The van der Waals surface area contributed by atoms with Gasteiger partial charge in [-0.05, 0) is 37.0 Å². The molecule has 0 aromatic heterocycles. The first-order chi connectivity index (χ1) is 14.9. The number of nitrogens with zero attached hydrogens (tertiary/aromatic N) is 1. The van der Waals surface area contributed by atoms with Crippen LogP contribution in [0.3, 0.4) is 0 Å². The van der Waals surface area contributed by atoms with E-state index in [0.29, 0.717) is 12.2 Å². The van der Waals surface area contributed by atoms with Gasteiger partial charge in [-0.2, -0.15) is 5.26 Å². The van der Waals surface area contributed by atoms with Gasteiger partial charge in [0.05, 0.1) is 12.2 Å². The molecule has 30 heavy (non-hydrogen) atoms. The van der Waals surface area contributed by atoms with Crippen LogP contribution in [0, 0.1) is 11.3 Å². The second-order valence-electron chi connectivity index (χ2n) is 8.29. The molecule has 0 aliphatic carbocycles. The highest BCUT2D eigenvalue weighted by Crippen LogP contribution is 2.17. The number of ether oxygens (including phenoxy) is 1. The second kappa shape index (κ2) is 16.5. The molecule has 0 amide bonds. The lowest BCUT2D eigenvalue weighted by Crippen LogP contribution is -1.98. The van der Waals surface area contributed by atoms with Crippen LogP contribution in [0.25, 0.3) is 0 Å². The maximum absolute atomic E-state index is 9.05. The Morgan fingerprint density at radius 1 is 0.567 bits per heavy atom. The predicted molar refractivity (Wildman–Crippen MR) is 127 cm³/mol. The molecule has 0 aliphatic heterocycles. The molecule has 0 atom stereocenters. The van der Waals surface area contributed by atoms with E-state index in [4.69, 9.17) is 10.00 Å². The number of benzene rings is 2. The summed E-state index contributed by atoms with van der Waals surface area (Å²) < 4.78 is 5.74. The van der Waals surface area contributed by atoms with Crippen LogP contribution in [-0.4, -0.2) is 6.61 Å².